The van der Waals surface area contributed by atoms with Crippen molar-refractivity contribution in [3.63, 3.8) is 0 Å². The monoisotopic (exact) mass is 227 g/mol. The van der Waals surface area contributed by atoms with Crippen LogP contribution in [0.5, 0.6) is 0 Å². The van der Waals surface area contributed by atoms with E-state index in [1.54, 1.807) is 10.9 Å². The first kappa shape index (κ1) is 9.36. The summed E-state index contributed by atoms with van der Waals surface area (Å²) in [5.41, 5.74) is 1.40. The Morgan fingerprint density at radius 1 is 1.64 bits per heavy atom. The molecule has 0 fully saturated rings. The number of aldehydes is 1. The molecule has 0 spiro atoms. The maximum Gasteiger partial charge on any atom is 0.171 e. The molecule has 0 aliphatic rings. The summed E-state index contributed by atoms with van der Waals surface area (Å²) in [6, 6.07) is 1.87. The van der Waals surface area contributed by atoms with Gasteiger partial charge >= 0.3 is 0 Å². The largest absolute Gasteiger partial charge is 0.296 e. The molecule has 0 saturated carbocycles. The highest BCUT2D eigenvalue weighted by molar-refractivity contribution is 7.14. The highest BCUT2D eigenvalue weighted by atomic mass is 35.5. The zero-order valence-electron chi connectivity index (χ0n) is 7.05. The third-order valence-electron chi connectivity index (χ3n) is 1.64. The molecule has 4 nitrogen and oxygen atoms in total. The summed E-state index contributed by atoms with van der Waals surface area (Å²) in [6.45, 7) is 0.587. The smallest absolute Gasteiger partial charge is 0.171 e. The first-order chi connectivity index (χ1) is 6.78. The zero-order chi connectivity index (χ0) is 9.97. The van der Waals surface area contributed by atoms with Crippen molar-refractivity contribution in [1.82, 2.24) is 15.0 Å². The van der Waals surface area contributed by atoms with Crippen molar-refractivity contribution in [3.8, 4) is 0 Å². The van der Waals surface area contributed by atoms with E-state index in [-0.39, 0.29) is 0 Å². The van der Waals surface area contributed by atoms with Crippen molar-refractivity contribution in [1.29, 1.82) is 0 Å². The van der Waals surface area contributed by atoms with Crippen LogP contribution in [0.3, 0.4) is 0 Å². The Morgan fingerprint density at radius 2 is 2.50 bits per heavy atom. The van der Waals surface area contributed by atoms with Gasteiger partial charge in [-0.1, -0.05) is 16.8 Å². The molecule has 2 heterocycles. The number of hydrogen-bond donors (Lipinski definition) is 0. The van der Waals surface area contributed by atoms with E-state index in [0.717, 1.165) is 9.90 Å². The highest BCUT2D eigenvalue weighted by Gasteiger charge is 2.01. The summed E-state index contributed by atoms with van der Waals surface area (Å²) in [5.74, 6) is 0. The van der Waals surface area contributed by atoms with Crippen molar-refractivity contribution >= 4 is 29.2 Å². The van der Waals surface area contributed by atoms with Crippen molar-refractivity contribution in [2.75, 3.05) is 0 Å². The molecule has 0 bridgehead atoms. The van der Waals surface area contributed by atoms with E-state index in [1.807, 2.05) is 11.4 Å². The molecule has 2 rings (SSSR count). The molecule has 14 heavy (non-hydrogen) atoms. The van der Waals surface area contributed by atoms with E-state index in [0.29, 0.717) is 18.5 Å². The third kappa shape index (κ3) is 2.00. The standard InChI is InChI=1S/C8H6ClN3OS/c9-8-1-6(5-14-8)2-12-3-7(4-13)10-11-12/h1,3-5H,2H2. The lowest BCUT2D eigenvalue weighted by molar-refractivity contribution is 0.111. The van der Waals surface area contributed by atoms with Gasteiger partial charge < -0.3 is 0 Å². The normalized spacial score (nSPS) is 10.4. The molecular weight excluding hydrogens is 222 g/mol. The van der Waals surface area contributed by atoms with Crippen molar-refractivity contribution < 1.29 is 4.79 Å². The highest BCUT2D eigenvalue weighted by Crippen LogP contribution is 2.20. The number of rotatable bonds is 3. The summed E-state index contributed by atoms with van der Waals surface area (Å²) in [6.07, 6.45) is 2.27. The van der Waals surface area contributed by atoms with Gasteiger partial charge in [0, 0.05) is 0 Å². The molecule has 0 N–H and O–H groups in total. The maximum absolute atomic E-state index is 10.3. The molecule has 0 amide bonds. The zero-order valence-corrected chi connectivity index (χ0v) is 8.63. The molecule has 72 valence electrons. The Balaban J connectivity index is 2.14. The maximum atomic E-state index is 10.3. The van der Waals surface area contributed by atoms with Crippen LogP contribution in [-0.4, -0.2) is 21.3 Å². The Kier molecular flexibility index (Phi) is 2.60. The predicted molar refractivity (Wildman–Crippen MR) is 53.8 cm³/mol. The lowest BCUT2D eigenvalue weighted by atomic mass is 10.3. The van der Waals surface area contributed by atoms with Crippen LogP contribution >= 0.6 is 22.9 Å². The second-order valence-corrected chi connectivity index (χ2v) is 4.26. The van der Waals surface area contributed by atoms with Gasteiger partial charge in [0.15, 0.2) is 6.29 Å². The van der Waals surface area contributed by atoms with Crippen LogP contribution < -0.4 is 0 Å². The van der Waals surface area contributed by atoms with Crippen LogP contribution in [0.2, 0.25) is 4.34 Å². The molecule has 0 aliphatic heterocycles. The summed E-state index contributed by atoms with van der Waals surface area (Å²) in [4.78, 5) is 10.3. The van der Waals surface area contributed by atoms with E-state index in [1.165, 1.54) is 11.3 Å². The van der Waals surface area contributed by atoms with E-state index in [4.69, 9.17) is 11.6 Å². The van der Waals surface area contributed by atoms with Crippen LogP contribution in [0.4, 0.5) is 0 Å². The van der Waals surface area contributed by atoms with Gasteiger partial charge in [-0.3, -0.25) is 4.79 Å². The average Bonchev–Trinajstić information content (AvgIpc) is 2.76. The van der Waals surface area contributed by atoms with Crippen molar-refractivity contribution in [2.24, 2.45) is 0 Å². The fourth-order valence-electron chi connectivity index (χ4n) is 1.06. The average molecular weight is 228 g/mol. The van der Waals surface area contributed by atoms with E-state index < -0.39 is 0 Å². The minimum atomic E-state index is 0.339. The Hall–Kier alpha value is -1.20. The molecule has 0 aliphatic carbocycles. The number of halogens is 1. The van der Waals surface area contributed by atoms with Crippen LogP contribution in [-0.2, 0) is 6.54 Å². The Labute approximate surface area is 89.1 Å². The molecule has 0 saturated heterocycles. The quantitative estimate of drug-likeness (QED) is 0.752. The fraction of sp³-hybridized carbons (Fsp3) is 0.125. The molecule has 6 heteroatoms. The second-order valence-electron chi connectivity index (χ2n) is 2.72. The van der Waals surface area contributed by atoms with Crippen LogP contribution in [0.15, 0.2) is 17.6 Å². The van der Waals surface area contributed by atoms with E-state index in [9.17, 15) is 4.79 Å². The minimum absolute atomic E-state index is 0.339. The van der Waals surface area contributed by atoms with Crippen molar-refractivity contribution in [3.05, 3.63) is 33.2 Å². The molecule has 0 atom stereocenters. The van der Waals surface area contributed by atoms with Gasteiger partial charge in [-0.2, -0.15) is 0 Å². The van der Waals surface area contributed by atoms with E-state index in [2.05, 4.69) is 10.3 Å². The number of aromatic nitrogens is 3. The summed E-state index contributed by atoms with van der Waals surface area (Å²) >= 11 is 7.25. The van der Waals surface area contributed by atoms with Crippen LogP contribution in [0.25, 0.3) is 0 Å². The lowest BCUT2D eigenvalue weighted by Crippen LogP contribution is -1.98. The van der Waals surface area contributed by atoms with E-state index >= 15 is 0 Å². The predicted octanol–water partition coefficient (Wildman–Crippen LogP) is 1.85. The van der Waals surface area contributed by atoms with Crippen LogP contribution in [0.1, 0.15) is 16.1 Å². The second kappa shape index (κ2) is 3.89. The fourth-order valence-corrected chi connectivity index (χ4v) is 1.96. The van der Waals surface area contributed by atoms with Crippen LogP contribution in [0, 0.1) is 0 Å². The third-order valence-corrected chi connectivity index (χ3v) is 2.78. The lowest BCUT2D eigenvalue weighted by Gasteiger charge is -1.94. The van der Waals surface area contributed by atoms with Gasteiger partial charge in [0.25, 0.3) is 0 Å². The van der Waals surface area contributed by atoms with Gasteiger partial charge in [0.2, 0.25) is 0 Å². The van der Waals surface area contributed by atoms with Crippen molar-refractivity contribution in [2.45, 2.75) is 6.54 Å². The Bertz CT molecular complexity index is 451. The summed E-state index contributed by atoms with van der Waals surface area (Å²) in [5, 5.41) is 9.39. The SMILES string of the molecule is O=Cc1cn(Cc2csc(Cl)c2)nn1. The molecule has 0 aromatic carbocycles. The van der Waals surface area contributed by atoms with Gasteiger partial charge in [-0.05, 0) is 17.0 Å². The first-order valence-corrected chi connectivity index (χ1v) is 5.12. The number of hydrogen-bond acceptors (Lipinski definition) is 4. The van der Waals surface area contributed by atoms with Gasteiger partial charge in [-0.25, -0.2) is 4.68 Å². The molecular formula is C8H6ClN3OS. The minimum Gasteiger partial charge on any atom is -0.296 e. The number of carbonyl (C=O) groups is 1. The number of nitrogens with zero attached hydrogens (tertiary/aromatic N) is 3. The van der Waals surface area contributed by atoms with Gasteiger partial charge in [-0.15, -0.1) is 16.4 Å². The van der Waals surface area contributed by atoms with Gasteiger partial charge in [0.05, 0.1) is 17.1 Å². The molecule has 2 aromatic rings. The molecule has 2 aromatic heterocycles. The summed E-state index contributed by atoms with van der Waals surface area (Å²) in [7, 11) is 0. The summed E-state index contributed by atoms with van der Waals surface area (Å²) < 4.78 is 2.35. The first-order valence-electron chi connectivity index (χ1n) is 3.86. The number of thiophene rings is 1. The van der Waals surface area contributed by atoms with Gasteiger partial charge in [0.1, 0.15) is 5.69 Å². The molecule has 0 radical (unpaired) electrons. The Morgan fingerprint density at radius 3 is 3.07 bits per heavy atom. The molecule has 0 unspecified atom stereocenters. The number of carbonyl (C=O) groups excluding carboxylic acids is 1. The topological polar surface area (TPSA) is 47.8 Å².